The van der Waals surface area contributed by atoms with Gasteiger partial charge < -0.3 is 30.2 Å². The van der Waals surface area contributed by atoms with Crippen LogP contribution < -0.4 is 11.1 Å². The summed E-state index contributed by atoms with van der Waals surface area (Å²) < 4.78 is 18.5. The van der Waals surface area contributed by atoms with Crippen LogP contribution >= 0.6 is 15.9 Å². The van der Waals surface area contributed by atoms with Crippen molar-refractivity contribution in [2.45, 2.75) is 51.3 Å². The lowest BCUT2D eigenvalue weighted by Crippen LogP contribution is -2.41. The second-order valence-corrected chi connectivity index (χ2v) is 10.4. The van der Waals surface area contributed by atoms with Gasteiger partial charge in [-0.25, -0.2) is 9.48 Å². The van der Waals surface area contributed by atoms with Gasteiger partial charge in [-0.15, -0.1) is 0 Å². The first-order valence-electron chi connectivity index (χ1n) is 11.7. The minimum atomic E-state index is -0.603. The van der Waals surface area contributed by atoms with E-state index in [2.05, 4.69) is 31.2 Å². The maximum Gasteiger partial charge on any atom is 0.410 e. The van der Waals surface area contributed by atoms with Crippen LogP contribution in [-0.2, 0) is 14.2 Å². The number of aromatic nitrogens is 2. The highest BCUT2D eigenvalue weighted by atomic mass is 79.9. The van der Waals surface area contributed by atoms with Crippen LogP contribution in [0, 0.1) is 0 Å². The summed E-state index contributed by atoms with van der Waals surface area (Å²) >= 11 is 3.39. The van der Waals surface area contributed by atoms with Crippen LogP contribution in [0.25, 0.3) is 0 Å². The number of anilines is 1. The quantitative estimate of drug-likeness (QED) is 0.452. The molecular weight excluding hydrogens is 508 g/mol. The molecule has 0 aliphatic carbocycles. The third-order valence-electron chi connectivity index (χ3n) is 5.89. The first-order chi connectivity index (χ1) is 16.1. The van der Waals surface area contributed by atoms with E-state index in [1.54, 1.807) is 16.7 Å². The molecule has 1 aromatic heterocycles. The van der Waals surface area contributed by atoms with Crippen molar-refractivity contribution in [3.63, 3.8) is 0 Å². The summed E-state index contributed by atoms with van der Waals surface area (Å²) in [5, 5.41) is 7.94. The maximum absolute atomic E-state index is 12.9. The van der Waals surface area contributed by atoms with Crippen molar-refractivity contribution in [1.29, 1.82) is 0 Å². The average molecular weight is 545 g/mol. The number of amides is 2. The van der Waals surface area contributed by atoms with E-state index in [4.69, 9.17) is 19.9 Å². The lowest BCUT2D eigenvalue weighted by molar-refractivity contribution is 0.0145. The molecule has 0 bridgehead atoms. The molecule has 2 aliphatic rings. The Hall–Kier alpha value is -1.89. The number of methoxy groups -OCH3 is 1. The molecule has 2 aliphatic heterocycles. The Bertz CT molecular complexity index is 852. The Morgan fingerprint density at radius 1 is 1.29 bits per heavy atom. The lowest BCUT2D eigenvalue weighted by Gasteiger charge is -2.28. The van der Waals surface area contributed by atoms with Gasteiger partial charge in [0.15, 0.2) is 0 Å². The second kappa shape index (κ2) is 11.7. The molecular formula is C22H37BrN6O5. The zero-order valence-corrected chi connectivity index (χ0v) is 22.1. The predicted octanol–water partition coefficient (Wildman–Crippen LogP) is 2.08. The molecule has 0 unspecified atom stereocenters. The number of halogens is 1. The fourth-order valence-electron chi connectivity index (χ4n) is 4.36. The minimum absolute atomic E-state index is 0.168. The highest BCUT2D eigenvalue weighted by Crippen LogP contribution is 2.34. The van der Waals surface area contributed by atoms with Crippen molar-refractivity contribution < 1.29 is 23.8 Å². The Morgan fingerprint density at radius 2 is 2.00 bits per heavy atom. The lowest BCUT2D eigenvalue weighted by atomic mass is 10.2. The largest absolute Gasteiger partial charge is 0.444 e. The summed E-state index contributed by atoms with van der Waals surface area (Å²) in [6, 6.07) is -0.335. The number of nitrogens with one attached hydrogen (secondary N) is 1. The van der Waals surface area contributed by atoms with Crippen molar-refractivity contribution in [3.8, 4) is 0 Å². The molecule has 0 aromatic carbocycles. The molecule has 3 rings (SSSR count). The Balaban J connectivity index is 1.74. The third-order valence-corrected chi connectivity index (χ3v) is 6.44. The molecule has 0 saturated carbocycles. The number of likely N-dealkylation sites (tertiary alicyclic amines) is 1. The number of primary amides is 1. The SMILES string of the molecule is COC[C@H]1C[C@H](n2nc(Br)c(C(N)=O)c2NCCCN2CCOCC2)CN1C(=O)OC(C)(C)C. The molecule has 2 amide bonds. The van der Waals surface area contributed by atoms with Gasteiger partial charge in [0.1, 0.15) is 21.6 Å². The second-order valence-electron chi connectivity index (χ2n) is 9.69. The average Bonchev–Trinajstić information content (AvgIpc) is 3.32. The third kappa shape index (κ3) is 6.83. The molecule has 12 heteroatoms. The van der Waals surface area contributed by atoms with Crippen molar-refractivity contribution in [2.24, 2.45) is 5.73 Å². The number of hydrogen-bond donors (Lipinski definition) is 2. The van der Waals surface area contributed by atoms with Gasteiger partial charge >= 0.3 is 6.09 Å². The van der Waals surface area contributed by atoms with Crippen molar-refractivity contribution in [2.75, 3.05) is 65.0 Å². The van der Waals surface area contributed by atoms with E-state index in [0.29, 0.717) is 42.1 Å². The maximum atomic E-state index is 12.9. The number of hydrogen-bond acceptors (Lipinski definition) is 8. The van der Waals surface area contributed by atoms with Gasteiger partial charge in [0.25, 0.3) is 5.91 Å². The summed E-state index contributed by atoms with van der Waals surface area (Å²) in [6.07, 6.45) is 1.11. The number of ether oxygens (including phenoxy) is 3. The number of rotatable bonds is 9. The Morgan fingerprint density at radius 3 is 2.62 bits per heavy atom. The van der Waals surface area contributed by atoms with E-state index < -0.39 is 17.6 Å². The predicted molar refractivity (Wildman–Crippen MR) is 131 cm³/mol. The Kier molecular flexibility index (Phi) is 9.19. The van der Waals surface area contributed by atoms with Crippen LogP contribution in [0.2, 0.25) is 0 Å². The standard InChI is InChI=1S/C22H37BrN6O5/c1-22(2,3)34-21(31)28-13-15(12-16(28)14-32-4)29-20(17(19(24)30)18(23)26-29)25-6-5-7-27-8-10-33-11-9-27/h15-16,25H,5-14H2,1-4H3,(H2,24,30)/t15-,16+/m0/s1. The van der Waals surface area contributed by atoms with E-state index in [9.17, 15) is 9.59 Å². The van der Waals surface area contributed by atoms with Gasteiger partial charge in [0.05, 0.1) is 31.9 Å². The van der Waals surface area contributed by atoms with Gasteiger partial charge in [-0.3, -0.25) is 9.69 Å². The molecule has 1 aromatic rings. The molecule has 2 fully saturated rings. The molecule has 11 nitrogen and oxygen atoms in total. The van der Waals surface area contributed by atoms with E-state index in [-0.39, 0.29) is 12.1 Å². The highest BCUT2D eigenvalue weighted by Gasteiger charge is 2.40. The fourth-order valence-corrected chi connectivity index (χ4v) is 4.91. The van der Waals surface area contributed by atoms with E-state index in [1.165, 1.54) is 0 Å². The van der Waals surface area contributed by atoms with Crippen LogP contribution in [0.4, 0.5) is 10.6 Å². The topological polar surface area (TPSA) is 124 Å². The number of morpholine rings is 1. The summed E-state index contributed by atoms with van der Waals surface area (Å²) in [5.74, 6) is -0.00204. The van der Waals surface area contributed by atoms with Crippen LogP contribution in [0.5, 0.6) is 0 Å². The Labute approximate surface area is 209 Å². The molecule has 0 spiro atoms. The normalized spacial score (nSPS) is 21.6. The number of nitrogens with two attached hydrogens (primary N) is 1. The number of nitrogens with zero attached hydrogens (tertiary/aromatic N) is 4. The van der Waals surface area contributed by atoms with Gasteiger partial charge in [-0.05, 0) is 56.1 Å². The fraction of sp³-hybridized carbons (Fsp3) is 0.773. The van der Waals surface area contributed by atoms with Crippen molar-refractivity contribution in [1.82, 2.24) is 19.6 Å². The smallest absolute Gasteiger partial charge is 0.410 e. The summed E-state index contributed by atoms with van der Waals surface area (Å²) in [7, 11) is 1.61. The zero-order valence-electron chi connectivity index (χ0n) is 20.5. The molecule has 34 heavy (non-hydrogen) atoms. The molecule has 2 saturated heterocycles. The van der Waals surface area contributed by atoms with Gasteiger partial charge in [0.2, 0.25) is 0 Å². The van der Waals surface area contributed by atoms with Crippen LogP contribution in [0.1, 0.15) is 50.0 Å². The van der Waals surface area contributed by atoms with Crippen molar-refractivity contribution in [3.05, 3.63) is 10.2 Å². The molecule has 192 valence electrons. The van der Waals surface area contributed by atoms with Gasteiger partial charge in [-0.1, -0.05) is 0 Å². The number of carbonyl (C=O) groups excluding carboxylic acids is 2. The van der Waals surface area contributed by atoms with Gasteiger partial charge in [0, 0.05) is 33.3 Å². The number of carbonyl (C=O) groups is 2. The molecule has 0 radical (unpaired) electrons. The van der Waals surface area contributed by atoms with E-state index >= 15 is 0 Å². The first-order valence-corrected chi connectivity index (χ1v) is 12.5. The summed E-state index contributed by atoms with van der Waals surface area (Å²) in [4.78, 5) is 29.1. The minimum Gasteiger partial charge on any atom is -0.444 e. The summed E-state index contributed by atoms with van der Waals surface area (Å²) in [6.45, 7) is 11.3. The monoisotopic (exact) mass is 544 g/mol. The zero-order chi connectivity index (χ0) is 24.9. The molecule has 3 N–H and O–H groups in total. The van der Waals surface area contributed by atoms with Crippen LogP contribution in [0.15, 0.2) is 4.60 Å². The highest BCUT2D eigenvalue weighted by molar-refractivity contribution is 9.10. The molecule has 3 heterocycles. The first kappa shape index (κ1) is 26.7. The van der Waals surface area contributed by atoms with Crippen LogP contribution in [0.3, 0.4) is 0 Å². The molecule has 2 atom stereocenters. The van der Waals surface area contributed by atoms with Crippen molar-refractivity contribution >= 4 is 33.7 Å². The van der Waals surface area contributed by atoms with E-state index in [1.807, 2.05) is 20.8 Å². The van der Waals surface area contributed by atoms with Gasteiger partial charge in [-0.2, -0.15) is 5.10 Å². The summed E-state index contributed by atoms with van der Waals surface area (Å²) in [5.41, 5.74) is 5.39. The van der Waals surface area contributed by atoms with Crippen LogP contribution in [-0.4, -0.2) is 103 Å². The van der Waals surface area contributed by atoms with E-state index in [0.717, 1.165) is 39.3 Å².